The first-order valence-electron chi connectivity index (χ1n) is 10.8. The molecule has 2 fully saturated rings. The first-order chi connectivity index (χ1) is 15.3. The van der Waals surface area contributed by atoms with Crippen LogP contribution in [0.2, 0.25) is 0 Å². The Kier molecular flexibility index (Phi) is 7.77. The molecule has 0 saturated carbocycles. The van der Waals surface area contributed by atoms with E-state index in [2.05, 4.69) is 35.5 Å². The van der Waals surface area contributed by atoms with Gasteiger partial charge >= 0.3 is 0 Å². The predicted molar refractivity (Wildman–Crippen MR) is 114 cm³/mol. The van der Waals surface area contributed by atoms with Crippen LogP contribution in [0.3, 0.4) is 0 Å². The van der Waals surface area contributed by atoms with Crippen LogP contribution in [0.25, 0.3) is 5.82 Å². The number of anilines is 1. The minimum atomic E-state index is -0.190. The quantitative estimate of drug-likeness (QED) is 0.542. The molecule has 0 spiro atoms. The van der Waals surface area contributed by atoms with Crippen molar-refractivity contribution in [2.45, 2.75) is 0 Å². The number of hydrogen-bond donors (Lipinski definition) is 2. The predicted octanol–water partition coefficient (Wildman–Crippen LogP) is -0.532. The zero-order valence-electron chi connectivity index (χ0n) is 17.7. The molecule has 0 aliphatic carbocycles. The molecule has 4 rings (SSSR count). The van der Waals surface area contributed by atoms with Crippen LogP contribution in [-0.2, 0) is 9.47 Å². The van der Waals surface area contributed by atoms with E-state index in [1.807, 2.05) is 6.07 Å². The Bertz CT molecular complexity index is 833. The maximum Gasteiger partial charge on any atom is 0.271 e. The summed E-state index contributed by atoms with van der Waals surface area (Å²) in [4.78, 5) is 25.6. The Hall–Kier alpha value is -2.60. The van der Waals surface area contributed by atoms with Crippen molar-refractivity contribution in [3.63, 3.8) is 0 Å². The van der Waals surface area contributed by atoms with Crippen LogP contribution in [0.5, 0.6) is 0 Å². The fourth-order valence-electron chi connectivity index (χ4n) is 3.55. The van der Waals surface area contributed by atoms with Gasteiger partial charge in [0, 0.05) is 64.6 Å². The van der Waals surface area contributed by atoms with Crippen molar-refractivity contribution in [2.75, 3.05) is 84.1 Å². The summed E-state index contributed by atoms with van der Waals surface area (Å²) in [5, 5.41) is 10.6. The summed E-state index contributed by atoms with van der Waals surface area (Å²) in [7, 11) is 0. The summed E-state index contributed by atoms with van der Waals surface area (Å²) in [5.74, 6) is 1.14. The first-order valence-corrected chi connectivity index (χ1v) is 10.8. The summed E-state index contributed by atoms with van der Waals surface area (Å²) in [6.45, 7) is 9.91. The molecule has 2 N–H and O–H groups in total. The molecule has 2 aromatic heterocycles. The van der Waals surface area contributed by atoms with E-state index < -0.39 is 0 Å². The lowest BCUT2D eigenvalue weighted by molar-refractivity contribution is 0.0383. The highest BCUT2D eigenvalue weighted by atomic mass is 16.5. The SMILES string of the molecule is O=C(NCCN1CCOCC1)c1ccn(-c2cc(NCCN3CCOCC3)ncn2)n1. The lowest BCUT2D eigenvalue weighted by atomic mass is 10.4. The monoisotopic (exact) mass is 430 g/mol. The van der Waals surface area contributed by atoms with Crippen molar-refractivity contribution in [3.05, 3.63) is 30.4 Å². The molecule has 0 aromatic carbocycles. The molecule has 0 atom stereocenters. The van der Waals surface area contributed by atoms with Gasteiger partial charge in [-0.3, -0.25) is 14.6 Å². The minimum Gasteiger partial charge on any atom is -0.379 e. The molecule has 0 radical (unpaired) electrons. The third kappa shape index (κ3) is 6.44. The summed E-state index contributed by atoms with van der Waals surface area (Å²) >= 11 is 0. The second-order valence-electron chi connectivity index (χ2n) is 7.50. The fourth-order valence-corrected chi connectivity index (χ4v) is 3.55. The Morgan fingerprint density at radius 1 is 0.968 bits per heavy atom. The number of hydrogen-bond acceptors (Lipinski definition) is 9. The van der Waals surface area contributed by atoms with Crippen LogP contribution in [0.4, 0.5) is 5.82 Å². The molecule has 11 heteroatoms. The van der Waals surface area contributed by atoms with Crippen LogP contribution in [0.15, 0.2) is 24.7 Å². The minimum absolute atomic E-state index is 0.190. The van der Waals surface area contributed by atoms with Gasteiger partial charge in [0.05, 0.1) is 26.4 Å². The molecule has 0 bridgehead atoms. The molecular formula is C20H30N8O3. The molecule has 4 heterocycles. The molecule has 2 saturated heterocycles. The van der Waals surface area contributed by atoms with E-state index in [1.54, 1.807) is 16.9 Å². The largest absolute Gasteiger partial charge is 0.379 e. The molecular weight excluding hydrogens is 400 g/mol. The number of nitrogens with one attached hydrogen (secondary N) is 2. The summed E-state index contributed by atoms with van der Waals surface area (Å²) in [6, 6.07) is 3.52. The number of aromatic nitrogens is 4. The van der Waals surface area contributed by atoms with Crippen LogP contribution in [0, 0.1) is 0 Å². The van der Waals surface area contributed by atoms with E-state index in [4.69, 9.17) is 9.47 Å². The van der Waals surface area contributed by atoms with Gasteiger partial charge in [0.1, 0.15) is 12.1 Å². The highest BCUT2D eigenvalue weighted by Gasteiger charge is 2.14. The lowest BCUT2D eigenvalue weighted by Crippen LogP contribution is -2.41. The Balaban J connectivity index is 1.25. The van der Waals surface area contributed by atoms with Gasteiger partial charge < -0.3 is 20.1 Å². The van der Waals surface area contributed by atoms with Gasteiger partial charge in [0.15, 0.2) is 11.5 Å². The van der Waals surface area contributed by atoms with Crippen LogP contribution >= 0.6 is 0 Å². The van der Waals surface area contributed by atoms with Crippen LogP contribution in [0.1, 0.15) is 10.5 Å². The molecule has 168 valence electrons. The highest BCUT2D eigenvalue weighted by Crippen LogP contribution is 2.09. The number of amides is 1. The fraction of sp³-hybridized carbons (Fsp3) is 0.600. The third-order valence-electron chi connectivity index (χ3n) is 5.36. The van der Waals surface area contributed by atoms with E-state index in [0.29, 0.717) is 18.1 Å². The maximum atomic E-state index is 12.4. The number of ether oxygens (including phenoxy) is 2. The molecule has 0 unspecified atom stereocenters. The molecule has 31 heavy (non-hydrogen) atoms. The van der Waals surface area contributed by atoms with E-state index in [9.17, 15) is 4.79 Å². The van der Waals surface area contributed by atoms with Crippen LogP contribution < -0.4 is 10.6 Å². The van der Waals surface area contributed by atoms with E-state index in [0.717, 1.165) is 78.1 Å². The molecule has 11 nitrogen and oxygen atoms in total. The highest BCUT2D eigenvalue weighted by molar-refractivity contribution is 5.92. The smallest absolute Gasteiger partial charge is 0.271 e. The van der Waals surface area contributed by atoms with E-state index in [1.165, 1.54) is 6.33 Å². The second kappa shape index (κ2) is 11.1. The van der Waals surface area contributed by atoms with Gasteiger partial charge in [-0.15, -0.1) is 0 Å². The summed E-state index contributed by atoms with van der Waals surface area (Å²) in [6.07, 6.45) is 3.23. The van der Waals surface area contributed by atoms with Crippen molar-refractivity contribution in [2.24, 2.45) is 0 Å². The van der Waals surface area contributed by atoms with E-state index >= 15 is 0 Å². The Labute approximate surface area is 181 Å². The van der Waals surface area contributed by atoms with Gasteiger partial charge in [0.25, 0.3) is 5.91 Å². The Morgan fingerprint density at radius 3 is 2.35 bits per heavy atom. The van der Waals surface area contributed by atoms with Crippen molar-refractivity contribution in [1.29, 1.82) is 0 Å². The van der Waals surface area contributed by atoms with Gasteiger partial charge in [0.2, 0.25) is 0 Å². The number of morpholine rings is 2. The van der Waals surface area contributed by atoms with Crippen molar-refractivity contribution >= 4 is 11.7 Å². The summed E-state index contributed by atoms with van der Waals surface area (Å²) < 4.78 is 12.3. The molecule has 2 aromatic rings. The first kappa shape index (κ1) is 21.6. The van der Waals surface area contributed by atoms with Crippen molar-refractivity contribution < 1.29 is 14.3 Å². The average Bonchev–Trinajstić information content (AvgIpc) is 3.31. The number of carbonyl (C=O) groups is 1. The number of nitrogens with zero attached hydrogens (tertiary/aromatic N) is 6. The summed E-state index contributed by atoms with van der Waals surface area (Å²) in [5.41, 5.74) is 0.363. The molecule has 1 amide bonds. The van der Waals surface area contributed by atoms with Crippen molar-refractivity contribution in [1.82, 2.24) is 34.9 Å². The molecule has 2 aliphatic rings. The van der Waals surface area contributed by atoms with Gasteiger partial charge in [-0.2, -0.15) is 5.10 Å². The van der Waals surface area contributed by atoms with Gasteiger partial charge in [-0.1, -0.05) is 0 Å². The second-order valence-corrected chi connectivity index (χ2v) is 7.50. The van der Waals surface area contributed by atoms with E-state index in [-0.39, 0.29) is 5.91 Å². The number of carbonyl (C=O) groups excluding carboxylic acids is 1. The van der Waals surface area contributed by atoms with Gasteiger partial charge in [-0.05, 0) is 6.07 Å². The number of rotatable bonds is 9. The average molecular weight is 431 g/mol. The van der Waals surface area contributed by atoms with Crippen molar-refractivity contribution in [3.8, 4) is 5.82 Å². The molecule has 2 aliphatic heterocycles. The standard InChI is InChI=1S/C20H30N8O3/c29-20(22-3-6-27-9-13-31-14-10-27)17-1-4-28(25-17)19-15-18(23-16-24-19)21-2-5-26-7-11-30-12-8-26/h1,4,15-16H,2-3,5-14H2,(H,22,29)(H,21,23,24). The third-order valence-corrected chi connectivity index (χ3v) is 5.36. The zero-order chi connectivity index (χ0) is 21.3. The van der Waals surface area contributed by atoms with Crippen LogP contribution in [-0.4, -0.2) is 114 Å². The topological polar surface area (TPSA) is 110 Å². The Morgan fingerprint density at radius 2 is 1.65 bits per heavy atom. The maximum absolute atomic E-state index is 12.4. The normalized spacial score (nSPS) is 18.1. The lowest BCUT2D eigenvalue weighted by Gasteiger charge is -2.26. The van der Waals surface area contributed by atoms with Gasteiger partial charge in [-0.25, -0.2) is 14.6 Å². The zero-order valence-corrected chi connectivity index (χ0v) is 17.7.